The number of hydrogen-bond donors (Lipinski definition) is 0. The molecule has 1 aliphatic rings. The van der Waals surface area contributed by atoms with Crippen molar-refractivity contribution in [3.05, 3.63) is 52.1 Å². The van der Waals surface area contributed by atoms with Crippen LogP contribution in [0.5, 0.6) is 0 Å². The summed E-state index contributed by atoms with van der Waals surface area (Å²) in [5, 5.41) is 18.2. The van der Waals surface area contributed by atoms with Crippen molar-refractivity contribution in [1.29, 1.82) is 0 Å². The summed E-state index contributed by atoms with van der Waals surface area (Å²) in [6.07, 6.45) is 4.34. The number of carbonyl (C=O) groups is 1. The Balaban J connectivity index is 0.000000167. The van der Waals surface area contributed by atoms with E-state index in [9.17, 15) is 14.9 Å². The predicted molar refractivity (Wildman–Crippen MR) is 85.2 cm³/mol. The predicted octanol–water partition coefficient (Wildman–Crippen LogP) is 3.13. The molecule has 2 aromatic rings. The fourth-order valence-corrected chi connectivity index (χ4v) is 2.61. The monoisotopic (exact) mass is 316 g/mol. The van der Waals surface area contributed by atoms with Crippen LogP contribution < -0.4 is 0 Å². The third-order valence-corrected chi connectivity index (χ3v) is 3.95. The summed E-state index contributed by atoms with van der Waals surface area (Å²) < 4.78 is 2.02. The first kappa shape index (κ1) is 16.8. The van der Waals surface area contributed by atoms with Crippen molar-refractivity contribution in [3.63, 3.8) is 0 Å². The number of non-ortho nitro benzene ring substituents is 1. The van der Waals surface area contributed by atoms with Crippen LogP contribution in [0.1, 0.15) is 48.8 Å². The molecule has 7 heteroatoms. The van der Waals surface area contributed by atoms with E-state index < -0.39 is 4.92 Å². The van der Waals surface area contributed by atoms with Gasteiger partial charge in [0.1, 0.15) is 12.2 Å². The molecule has 0 saturated heterocycles. The van der Waals surface area contributed by atoms with Crippen LogP contribution in [0.2, 0.25) is 0 Å². The first-order chi connectivity index (χ1) is 10.9. The summed E-state index contributed by atoms with van der Waals surface area (Å²) >= 11 is 0. The molecule has 0 N–H and O–H groups in total. The molecule has 7 nitrogen and oxygen atoms in total. The summed E-state index contributed by atoms with van der Waals surface area (Å²) in [7, 11) is 2.01. The Morgan fingerprint density at radius 1 is 1.39 bits per heavy atom. The van der Waals surface area contributed by atoms with E-state index in [1.165, 1.54) is 38.0 Å². The van der Waals surface area contributed by atoms with Gasteiger partial charge in [0.05, 0.1) is 4.92 Å². The highest BCUT2D eigenvalue weighted by Gasteiger charge is 2.29. The molecule has 0 amide bonds. The summed E-state index contributed by atoms with van der Waals surface area (Å²) in [5.41, 5.74) is 0.312. The molecule has 0 unspecified atom stereocenters. The molecule has 1 fully saturated rings. The summed E-state index contributed by atoms with van der Waals surface area (Å²) in [6.45, 7) is 3.66. The zero-order chi connectivity index (χ0) is 17.0. The van der Waals surface area contributed by atoms with Gasteiger partial charge in [-0.05, 0) is 25.7 Å². The normalized spacial score (nSPS) is 19.3. The van der Waals surface area contributed by atoms with Gasteiger partial charge < -0.3 is 4.57 Å². The molecule has 122 valence electrons. The molecule has 0 aliphatic heterocycles. The van der Waals surface area contributed by atoms with Gasteiger partial charge in [0.25, 0.3) is 5.69 Å². The van der Waals surface area contributed by atoms with Crippen molar-refractivity contribution in [2.75, 3.05) is 0 Å². The molecule has 0 spiro atoms. The highest BCUT2D eigenvalue weighted by molar-refractivity contribution is 5.94. The van der Waals surface area contributed by atoms with Crippen LogP contribution in [0.4, 0.5) is 5.69 Å². The third kappa shape index (κ3) is 4.21. The molecule has 0 radical (unpaired) electrons. The Morgan fingerprint density at radius 2 is 2.09 bits per heavy atom. The third-order valence-electron chi connectivity index (χ3n) is 3.95. The van der Waals surface area contributed by atoms with Crippen molar-refractivity contribution in [2.24, 2.45) is 13.0 Å². The summed E-state index contributed by atoms with van der Waals surface area (Å²) in [5.74, 6) is 2.55. The number of nitro groups is 1. The van der Waals surface area contributed by atoms with Gasteiger partial charge in [-0.25, -0.2) is 0 Å². The minimum Gasteiger partial charge on any atom is -0.320 e. The second-order valence-electron chi connectivity index (χ2n) is 5.94. The van der Waals surface area contributed by atoms with Crippen molar-refractivity contribution in [3.8, 4) is 0 Å². The minimum atomic E-state index is -0.521. The van der Waals surface area contributed by atoms with Crippen molar-refractivity contribution in [2.45, 2.75) is 32.6 Å². The SMILES string of the molecule is CC(=O)c1cccc([N+](=O)[O-])c1.CC1CC(c2nncn2C)C1. The number of carbonyl (C=O) groups excluding carboxylic acids is 1. The summed E-state index contributed by atoms with van der Waals surface area (Å²) in [4.78, 5) is 20.5. The lowest BCUT2D eigenvalue weighted by atomic mass is 9.76. The van der Waals surface area contributed by atoms with Crippen molar-refractivity contribution < 1.29 is 9.72 Å². The first-order valence-corrected chi connectivity index (χ1v) is 7.47. The quantitative estimate of drug-likeness (QED) is 0.493. The molecular formula is C16H20N4O3. The lowest BCUT2D eigenvalue weighted by molar-refractivity contribution is -0.384. The fourth-order valence-electron chi connectivity index (χ4n) is 2.61. The number of nitro benzene ring substituents is 1. The average Bonchev–Trinajstić information content (AvgIpc) is 2.90. The van der Waals surface area contributed by atoms with E-state index in [-0.39, 0.29) is 11.5 Å². The number of aromatic nitrogens is 3. The van der Waals surface area contributed by atoms with Gasteiger partial charge in [-0.2, -0.15) is 0 Å². The number of aryl methyl sites for hydroxylation is 1. The fraction of sp³-hybridized carbons (Fsp3) is 0.438. The van der Waals surface area contributed by atoms with Crippen LogP contribution in [0.3, 0.4) is 0 Å². The van der Waals surface area contributed by atoms with E-state index in [1.807, 2.05) is 11.6 Å². The molecule has 1 aromatic heterocycles. The van der Waals surface area contributed by atoms with Gasteiger partial charge in [-0.15, -0.1) is 10.2 Å². The lowest BCUT2D eigenvalue weighted by Crippen LogP contribution is -2.21. The maximum atomic E-state index is 10.8. The number of Topliss-reactive ketones (excluding diaryl/α,β-unsaturated/α-hetero) is 1. The van der Waals surface area contributed by atoms with Crippen LogP contribution in [0.25, 0.3) is 0 Å². The van der Waals surface area contributed by atoms with E-state index in [2.05, 4.69) is 17.1 Å². The van der Waals surface area contributed by atoms with E-state index in [1.54, 1.807) is 12.4 Å². The molecule has 0 bridgehead atoms. The smallest absolute Gasteiger partial charge is 0.270 e. The van der Waals surface area contributed by atoms with E-state index in [0.717, 1.165) is 11.7 Å². The number of ketones is 1. The van der Waals surface area contributed by atoms with Crippen LogP contribution in [-0.4, -0.2) is 25.5 Å². The number of hydrogen-bond acceptors (Lipinski definition) is 5. The molecule has 1 saturated carbocycles. The highest BCUT2D eigenvalue weighted by atomic mass is 16.6. The standard InChI is InChI=1S/C8H13N3.C8H7NO3/c1-6-3-7(4-6)8-10-9-5-11(8)2;1-6(10)7-3-2-4-8(5-7)9(11)12/h5-7H,3-4H2,1-2H3;2-5H,1H3. The average molecular weight is 316 g/mol. The zero-order valence-corrected chi connectivity index (χ0v) is 13.5. The largest absolute Gasteiger partial charge is 0.320 e. The van der Waals surface area contributed by atoms with Crippen LogP contribution >= 0.6 is 0 Å². The van der Waals surface area contributed by atoms with E-state index >= 15 is 0 Å². The van der Waals surface area contributed by atoms with Crippen molar-refractivity contribution in [1.82, 2.24) is 14.8 Å². The highest BCUT2D eigenvalue weighted by Crippen LogP contribution is 2.39. The van der Waals surface area contributed by atoms with Crippen LogP contribution in [-0.2, 0) is 7.05 Å². The van der Waals surface area contributed by atoms with Crippen LogP contribution in [0.15, 0.2) is 30.6 Å². The molecule has 1 aromatic carbocycles. The number of rotatable bonds is 3. The van der Waals surface area contributed by atoms with E-state index in [0.29, 0.717) is 11.5 Å². The van der Waals surface area contributed by atoms with E-state index in [4.69, 9.17) is 0 Å². The Bertz CT molecular complexity index is 676. The molecule has 1 heterocycles. The maximum Gasteiger partial charge on any atom is 0.270 e. The van der Waals surface area contributed by atoms with Gasteiger partial charge in [0.2, 0.25) is 0 Å². The van der Waals surface area contributed by atoms with Gasteiger partial charge in [0.15, 0.2) is 5.78 Å². The number of benzene rings is 1. The van der Waals surface area contributed by atoms with Gasteiger partial charge in [-0.3, -0.25) is 14.9 Å². The molecule has 3 rings (SSSR count). The van der Waals surface area contributed by atoms with Crippen molar-refractivity contribution >= 4 is 11.5 Å². The minimum absolute atomic E-state index is 0.0531. The second-order valence-corrected chi connectivity index (χ2v) is 5.94. The molecule has 0 atom stereocenters. The lowest BCUT2D eigenvalue weighted by Gasteiger charge is -2.31. The van der Waals surface area contributed by atoms with Crippen LogP contribution in [0, 0.1) is 16.0 Å². The Labute approximate surface area is 134 Å². The topological polar surface area (TPSA) is 90.9 Å². The first-order valence-electron chi connectivity index (χ1n) is 7.47. The molecule has 1 aliphatic carbocycles. The Morgan fingerprint density at radius 3 is 2.57 bits per heavy atom. The molecule has 23 heavy (non-hydrogen) atoms. The second kappa shape index (κ2) is 7.13. The maximum absolute atomic E-state index is 10.8. The summed E-state index contributed by atoms with van der Waals surface area (Å²) in [6, 6.07) is 5.67. The molecular weight excluding hydrogens is 296 g/mol. The zero-order valence-electron chi connectivity index (χ0n) is 13.5. The van der Waals surface area contributed by atoms with Gasteiger partial charge in [-0.1, -0.05) is 19.1 Å². The number of nitrogens with zero attached hydrogens (tertiary/aromatic N) is 4. The van der Waals surface area contributed by atoms with Gasteiger partial charge in [0, 0.05) is 30.7 Å². The van der Waals surface area contributed by atoms with Gasteiger partial charge >= 0.3 is 0 Å². The Kier molecular flexibility index (Phi) is 5.20. The Hall–Kier alpha value is -2.57.